The zero-order valence-electron chi connectivity index (χ0n) is 21.8. The molecule has 1 aliphatic heterocycles. The highest BCUT2D eigenvalue weighted by molar-refractivity contribution is 6.08. The highest BCUT2D eigenvalue weighted by Crippen LogP contribution is 2.33. The first kappa shape index (κ1) is 25.9. The Morgan fingerprint density at radius 1 is 1.21 bits per heavy atom. The molecular formula is C27H33N5O6. The average Bonchev–Trinajstić information content (AvgIpc) is 3.31. The Morgan fingerprint density at radius 3 is 2.58 bits per heavy atom. The van der Waals surface area contributed by atoms with Gasteiger partial charge < -0.3 is 29.4 Å². The fourth-order valence-corrected chi connectivity index (χ4v) is 5.26. The maximum atomic E-state index is 13.2. The van der Waals surface area contributed by atoms with E-state index in [4.69, 9.17) is 14.6 Å². The summed E-state index contributed by atoms with van der Waals surface area (Å²) >= 11 is 0. The molecule has 0 spiro atoms. The maximum absolute atomic E-state index is 13.2. The lowest BCUT2D eigenvalue weighted by Crippen LogP contribution is -2.43. The van der Waals surface area contributed by atoms with E-state index in [1.54, 1.807) is 47.0 Å². The van der Waals surface area contributed by atoms with Gasteiger partial charge in [0.15, 0.2) is 0 Å². The summed E-state index contributed by atoms with van der Waals surface area (Å²) in [6, 6.07) is 7.01. The van der Waals surface area contributed by atoms with Gasteiger partial charge in [0.1, 0.15) is 17.5 Å². The van der Waals surface area contributed by atoms with Crippen molar-refractivity contribution in [2.24, 2.45) is 0 Å². The molecule has 1 saturated heterocycles. The van der Waals surface area contributed by atoms with E-state index in [9.17, 15) is 19.5 Å². The molecule has 1 aromatic carbocycles. The Labute approximate surface area is 219 Å². The number of benzene rings is 1. The van der Waals surface area contributed by atoms with Gasteiger partial charge in [-0.1, -0.05) is 0 Å². The molecule has 202 valence electrons. The molecule has 2 N–H and O–H groups in total. The van der Waals surface area contributed by atoms with Crippen molar-refractivity contribution in [2.45, 2.75) is 56.8 Å². The fraction of sp³-hybridized carbons (Fsp3) is 0.481. The number of anilines is 1. The van der Waals surface area contributed by atoms with Gasteiger partial charge >= 0.3 is 0 Å². The molecule has 1 atom stereocenters. The van der Waals surface area contributed by atoms with Crippen LogP contribution in [0.25, 0.3) is 10.9 Å². The van der Waals surface area contributed by atoms with Gasteiger partial charge in [-0.05, 0) is 50.8 Å². The summed E-state index contributed by atoms with van der Waals surface area (Å²) in [7, 11) is 3.24. The molecule has 0 bridgehead atoms. The van der Waals surface area contributed by atoms with Crippen molar-refractivity contribution in [3.63, 3.8) is 0 Å². The van der Waals surface area contributed by atoms with Gasteiger partial charge in [-0.2, -0.15) is 5.10 Å². The number of aromatic nitrogens is 3. The SMILES string of the molecule is COc1cc2nn(C3CCC(N(C)C(=O)[C@@H](C)O)CC3)cc2cc1C(=O)Nc1cccn(C2COC2)c1=O. The summed E-state index contributed by atoms with van der Waals surface area (Å²) in [4.78, 5) is 39.9. The Bertz CT molecular complexity index is 1400. The third-order valence-electron chi connectivity index (χ3n) is 7.62. The van der Waals surface area contributed by atoms with E-state index in [2.05, 4.69) is 5.32 Å². The van der Waals surface area contributed by atoms with Crippen LogP contribution in [-0.4, -0.2) is 75.7 Å². The lowest BCUT2D eigenvalue weighted by molar-refractivity contribution is -0.140. The summed E-state index contributed by atoms with van der Waals surface area (Å²) in [6.07, 6.45) is 5.93. The Kier molecular flexibility index (Phi) is 7.22. The van der Waals surface area contributed by atoms with E-state index >= 15 is 0 Å². The molecule has 3 heterocycles. The van der Waals surface area contributed by atoms with Crippen molar-refractivity contribution in [1.82, 2.24) is 19.2 Å². The molecule has 2 amide bonds. The average molecular weight is 524 g/mol. The molecule has 0 unspecified atom stereocenters. The van der Waals surface area contributed by atoms with Crippen molar-refractivity contribution in [1.29, 1.82) is 0 Å². The van der Waals surface area contributed by atoms with Gasteiger partial charge in [0.05, 0.1) is 43.5 Å². The number of nitrogens with zero attached hydrogens (tertiary/aromatic N) is 4. The second-order valence-corrected chi connectivity index (χ2v) is 10.1. The normalized spacial score (nSPS) is 20.5. The number of aliphatic hydroxyl groups is 1. The number of aliphatic hydroxyl groups excluding tert-OH is 1. The van der Waals surface area contributed by atoms with Gasteiger partial charge in [-0.3, -0.25) is 19.1 Å². The Hall–Kier alpha value is -3.70. The van der Waals surface area contributed by atoms with E-state index in [0.717, 1.165) is 31.1 Å². The van der Waals surface area contributed by atoms with E-state index in [-0.39, 0.29) is 35.3 Å². The van der Waals surface area contributed by atoms with E-state index in [1.807, 2.05) is 10.9 Å². The second-order valence-electron chi connectivity index (χ2n) is 10.1. The summed E-state index contributed by atoms with van der Waals surface area (Å²) in [5.74, 6) is -0.337. The van der Waals surface area contributed by atoms with Crippen LogP contribution in [0.4, 0.5) is 5.69 Å². The topological polar surface area (TPSA) is 128 Å². The monoisotopic (exact) mass is 523 g/mol. The molecular weight excluding hydrogens is 490 g/mol. The number of carbonyl (C=O) groups excluding carboxylic acids is 2. The molecule has 11 heteroatoms. The number of likely N-dealkylation sites (N-methyl/N-ethyl adjacent to an activating group) is 1. The minimum absolute atomic E-state index is 0.0229. The second kappa shape index (κ2) is 10.6. The fourth-order valence-electron chi connectivity index (χ4n) is 5.26. The van der Waals surface area contributed by atoms with Crippen LogP contribution >= 0.6 is 0 Å². The van der Waals surface area contributed by atoms with Gasteiger partial charge in [0, 0.05) is 36.9 Å². The van der Waals surface area contributed by atoms with Crippen LogP contribution in [0, 0.1) is 0 Å². The third-order valence-corrected chi connectivity index (χ3v) is 7.62. The zero-order valence-corrected chi connectivity index (χ0v) is 21.8. The molecule has 1 aliphatic carbocycles. The van der Waals surface area contributed by atoms with Crippen molar-refractivity contribution in [3.8, 4) is 5.75 Å². The number of hydrogen-bond donors (Lipinski definition) is 2. The first-order valence-corrected chi connectivity index (χ1v) is 12.9. The van der Waals surface area contributed by atoms with Crippen molar-refractivity contribution < 1.29 is 24.2 Å². The molecule has 2 aromatic heterocycles. The minimum Gasteiger partial charge on any atom is -0.496 e. The number of nitrogens with one attached hydrogen (secondary N) is 1. The minimum atomic E-state index is -1.00. The smallest absolute Gasteiger partial charge is 0.274 e. The Balaban J connectivity index is 1.33. The standard InChI is InChI=1S/C27H33N5O6/c1-16(33)26(35)30(2)18-6-8-19(9-7-18)32-13-17-11-21(24(37-3)12-23(17)29-32)25(34)28-22-5-4-10-31(27(22)36)20-14-38-15-20/h4-5,10-13,16,18-20,33H,6-9,14-15H2,1-3H3,(H,28,34)/t16-,18?,19?/m1/s1. The third kappa shape index (κ3) is 4.91. The van der Waals surface area contributed by atoms with Crippen LogP contribution in [0.5, 0.6) is 5.75 Å². The van der Waals surface area contributed by atoms with Crippen LogP contribution in [0.2, 0.25) is 0 Å². The highest BCUT2D eigenvalue weighted by atomic mass is 16.5. The number of amides is 2. The number of pyridine rings is 1. The number of fused-ring (bicyclic) bond motifs is 1. The van der Waals surface area contributed by atoms with Gasteiger partial charge in [0.2, 0.25) is 0 Å². The maximum Gasteiger partial charge on any atom is 0.274 e. The molecule has 11 nitrogen and oxygen atoms in total. The number of methoxy groups -OCH3 is 1. The molecule has 5 rings (SSSR count). The van der Waals surface area contributed by atoms with Crippen molar-refractivity contribution >= 4 is 28.4 Å². The van der Waals surface area contributed by atoms with Crippen LogP contribution in [0.1, 0.15) is 55.0 Å². The van der Waals surface area contributed by atoms with Crippen LogP contribution in [0.3, 0.4) is 0 Å². The van der Waals surface area contributed by atoms with Crippen LogP contribution in [0.15, 0.2) is 41.5 Å². The Morgan fingerprint density at radius 2 is 1.95 bits per heavy atom. The summed E-state index contributed by atoms with van der Waals surface area (Å²) in [5, 5.41) is 17.9. The van der Waals surface area contributed by atoms with Crippen molar-refractivity contribution in [2.75, 3.05) is 32.7 Å². The van der Waals surface area contributed by atoms with Crippen molar-refractivity contribution in [3.05, 3.63) is 52.6 Å². The predicted molar refractivity (Wildman–Crippen MR) is 141 cm³/mol. The summed E-state index contributed by atoms with van der Waals surface area (Å²) in [5.41, 5.74) is 0.925. The molecule has 1 saturated carbocycles. The number of hydrogen-bond acceptors (Lipinski definition) is 7. The quantitative estimate of drug-likeness (QED) is 0.487. The lowest BCUT2D eigenvalue weighted by Gasteiger charge is -2.35. The van der Waals surface area contributed by atoms with Crippen LogP contribution < -0.4 is 15.6 Å². The lowest BCUT2D eigenvalue weighted by atomic mass is 9.90. The molecule has 2 fully saturated rings. The molecule has 0 radical (unpaired) electrons. The molecule has 3 aromatic rings. The van der Waals surface area contributed by atoms with E-state index in [1.165, 1.54) is 14.0 Å². The van der Waals surface area contributed by atoms with Crippen LogP contribution in [-0.2, 0) is 9.53 Å². The van der Waals surface area contributed by atoms with Gasteiger partial charge in [-0.25, -0.2) is 0 Å². The van der Waals surface area contributed by atoms with E-state index in [0.29, 0.717) is 30.0 Å². The number of carbonyl (C=O) groups is 2. The summed E-state index contributed by atoms with van der Waals surface area (Å²) < 4.78 is 14.2. The molecule has 38 heavy (non-hydrogen) atoms. The number of ether oxygens (including phenoxy) is 2. The highest BCUT2D eigenvalue weighted by Gasteiger charge is 2.29. The zero-order chi connectivity index (χ0) is 27.0. The molecule has 2 aliphatic rings. The first-order chi connectivity index (χ1) is 18.3. The summed E-state index contributed by atoms with van der Waals surface area (Å²) in [6.45, 7) is 2.44. The van der Waals surface area contributed by atoms with Gasteiger partial charge in [0.25, 0.3) is 17.4 Å². The first-order valence-electron chi connectivity index (χ1n) is 12.9. The number of rotatable bonds is 7. The predicted octanol–water partition coefficient (Wildman–Crippen LogP) is 2.35. The largest absolute Gasteiger partial charge is 0.496 e. The van der Waals surface area contributed by atoms with E-state index < -0.39 is 12.0 Å². The van der Waals surface area contributed by atoms with Gasteiger partial charge in [-0.15, -0.1) is 0 Å².